The molecule has 1 aromatic heterocycles. The molecule has 0 saturated heterocycles. The molecule has 0 spiro atoms. The molecule has 0 aliphatic carbocycles. The monoisotopic (exact) mass is 290 g/mol. The van der Waals surface area contributed by atoms with Crippen LogP contribution in [0, 0.1) is 6.92 Å². The largest absolute Gasteiger partial charge is 0.496 e. The average Bonchev–Trinajstić information content (AvgIpc) is 2.92. The molecule has 2 aromatic rings. The Morgan fingerprint density at radius 2 is 2.10 bits per heavy atom. The standard InChI is InChI=1S/C16H22N2OS/c1-5-16(3,15-18-12(2)11-20-15)17-10-13-8-6-7-9-14(13)19-4/h6-9,11,17H,5,10H2,1-4H3/t16-/m1/s1. The second kappa shape index (κ2) is 6.37. The maximum Gasteiger partial charge on any atom is 0.123 e. The molecule has 20 heavy (non-hydrogen) atoms. The van der Waals surface area contributed by atoms with Gasteiger partial charge in [-0.2, -0.15) is 0 Å². The third-order valence-electron chi connectivity index (χ3n) is 3.66. The Balaban J connectivity index is 2.15. The van der Waals surface area contributed by atoms with E-state index in [-0.39, 0.29) is 5.54 Å². The number of nitrogens with zero attached hydrogens (tertiary/aromatic N) is 1. The molecule has 0 unspecified atom stereocenters. The first kappa shape index (κ1) is 15.0. The molecule has 1 atom stereocenters. The van der Waals surface area contributed by atoms with E-state index in [1.54, 1.807) is 18.4 Å². The summed E-state index contributed by atoms with van der Waals surface area (Å²) in [4.78, 5) is 4.63. The number of ether oxygens (including phenoxy) is 1. The molecule has 0 amide bonds. The quantitative estimate of drug-likeness (QED) is 0.877. The van der Waals surface area contributed by atoms with Crippen molar-refractivity contribution in [2.75, 3.05) is 7.11 Å². The fourth-order valence-electron chi connectivity index (χ4n) is 2.10. The van der Waals surface area contributed by atoms with Crippen molar-refractivity contribution < 1.29 is 4.74 Å². The highest BCUT2D eigenvalue weighted by Crippen LogP contribution is 2.28. The van der Waals surface area contributed by atoms with Gasteiger partial charge in [0.2, 0.25) is 0 Å². The molecule has 1 aromatic carbocycles. The van der Waals surface area contributed by atoms with Crippen LogP contribution in [0.3, 0.4) is 0 Å². The van der Waals surface area contributed by atoms with E-state index in [1.807, 2.05) is 25.1 Å². The number of aromatic nitrogens is 1. The number of nitrogens with one attached hydrogen (secondary N) is 1. The lowest BCUT2D eigenvalue weighted by molar-refractivity contribution is 0.343. The van der Waals surface area contributed by atoms with Gasteiger partial charge in [-0.05, 0) is 26.3 Å². The Kier molecular flexibility index (Phi) is 4.78. The molecule has 1 heterocycles. The molecular weight excluding hydrogens is 268 g/mol. The maximum atomic E-state index is 5.40. The van der Waals surface area contributed by atoms with Gasteiger partial charge in [-0.15, -0.1) is 11.3 Å². The van der Waals surface area contributed by atoms with E-state index in [4.69, 9.17) is 4.74 Å². The van der Waals surface area contributed by atoms with Gasteiger partial charge in [-0.1, -0.05) is 25.1 Å². The number of benzene rings is 1. The molecule has 1 N–H and O–H groups in total. The van der Waals surface area contributed by atoms with E-state index in [0.717, 1.165) is 29.4 Å². The number of thiazole rings is 1. The van der Waals surface area contributed by atoms with Crippen LogP contribution in [0.15, 0.2) is 29.6 Å². The van der Waals surface area contributed by atoms with Crippen molar-refractivity contribution in [2.24, 2.45) is 0 Å². The minimum absolute atomic E-state index is 0.0974. The van der Waals surface area contributed by atoms with Crippen molar-refractivity contribution in [3.8, 4) is 5.75 Å². The predicted molar refractivity (Wildman–Crippen MR) is 84.3 cm³/mol. The van der Waals surface area contributed by atoms with Gasteiger partial charge in [-0.25, -0.2) is 4.98 Å². The zero-order valence-corrected chi connectivity index (χ0v) is 13.4. The van der Waals surface area contributed by atoms with Gasteiger partial charge >= 0.3 is 0 Å². The number of hydrogen-bond acceptors (Lipinski definition) is 4. The SMILES string of the molecule is CC[C@@](C)(NCc1ccccc1OC)c1nc(C)cs1. The molecule has 4 heteroatoms. The molecule has 0 radical (unpaired) electrons. The number of methoxy groups -OCH3 is 1. The van der Waals surface area contributed by atoms with Gasteiger partial charge in [0.05, 0.1) is 12.6 Å². The Labute approximate surface area is 125 Å². The summed E-state index contributed by atoms with van der Waals surface area (Å²) in [5, 5.41) is 6.89. The molecule has 0 aliphatic rings. The molecule has 108 valence electrons. The fraction of sp³-hybridized carbons (Fsp3) is 0.438. The smallest absolute Gasteiger partial charge is 0.123 e. The van der Waals surface area contributed by atoms with Crippen molar-refractivity contribution in [1.29, 1.82) is 0 Å². The summed E-state index contributed by atoms with van der Waals surface area (Å²) < 4.78 is 5.40. The van der Waals surface area contributed by atoms with Crippen molar-refractivity contribution in [1.82, 2.24) is 10.3 Å². The summed E-state index contributed by atoms with van der Waals surface area (Å²) in [7, 11) is 1.71. The summed E-state index contributed by atoms with van der Waals surface area (Å²) in [6.07, 6.45) is 0.995. The van der Waals surface area contributed by atoms with Crippen LogP contribution in [0.5, 0.6) is 5.75 Å². The first-order chi connectivity index (χ1) is 9.59. The number of aryl methyl sites for hydroxylation is 1. The van der Waals surface area contributed by atoms with Crippen LogP contribution >= 0.6 is 11.3 Å². The highest BCUT2D eigenvalue weighted by Gasteiger charge is 2.27. The summed E-state index contributed by atoms with van der Waals surface area (Å²) in [6, 6.07) is 8.12. The van der Waals surface area contributed by atoms with Gasteiger partial charge in [-0.3, -0.25) is 0 Å². The van der Waals surface area contributed by atoms with Crippen molar-refractivity contribution in [3.05, 3.63) is 45.9 Å². The van der Waals surface area contributed by atoms with E-state index in [0.29, 0.717) is 0 Å². The van der Waals surface area contributed by atoms with Crippen molar-refractivity contribution in [2.45, 2.75) is 39.3 Å². The third-order valence-corrected chi connectivity index (χ3v) is 4.88. The van der Waals surface area contributed by atoms with Crippen LogP contribution < -0.4 is 10.1 Å². The summed E-state index contributed by atoms with van der Waals surface area (Å²) in [6.45, 7) is 7.20. The van der Waals surface area contributed by atoms with E-state index in [2.05, 4.69) is 35.6 Å². The van der Waals surface area contributed by atoms with E-state index >= 15 is 0 Å². The minimum atomic E-state index is -0.0974. The second-order valence-electron chi connectivity index (χ2n) is 5.15. The van der Waals surface area contributed by atoms with Gasteiger partial charge in [0.1, 0.15) is 10.8 Å². The first-order valence-corrected chi connectivity index (χ1v) is 7.76. The summed E-state index contributed by atoms with van der Waals surface area (Å²) in [5.74, 6) is 0.925. The third kappa shape index (κ3) is 3.19. The molecular formula is C16H22N2OS. The van der Waals surface area contributed by atoms with Crippen LogP contribution in [0.25, 0.3) is 0 Å². The minimum Gasteiger partial charge on any atom is -0.496 e. The Morgan fingerprint density at radius 3 is 2.70 bits per heavy atom. The molecule has 3 nitrogen and oxygen atoms in total. The zero-order valence-electron chi connectivity index (χ0n) is 12.6. The summed E-state index contributed by atoms with van der Waals surface area (Å²) >= 11 is 1.72. The van der Waals surface area contributed by atoms with Crippen molar-refractivity contribution in [3.63, 3.8) is 0 Å². The van der Waals surface area contributed by atoms with E-state index < -0.39 is 0 Å². The van der Waals surface area contributed by atoms with Crippen LogP contribution in [-0.2, 0) is 12.1 Å². The Hall–Kier alpha value is -1.39. The van der Waals surface area contributed by atoms with Crippen LogP contribution in [0.1, 0.15) is 36.5 Å². The summed E-state index contributed by atoms with van der Waals surface area (Å²) in [5.41, 5.74) is 2.16. The Morgan fingerprint density at radius 1 is 1.35 bits per heavy atom. The molecule has 2 rings (SSSR count). The molecule has 0 aliphatic heterocycles. The van der Waals surface area contributed by atoms with Crippen molar-refractivity contribution >= 4 is 11.3 Å². The fourth-order valence-corrected chi connectivity index (χ4v) is 3.11. The normalized spacial score (nSPS) is 14.0. The Bertz CT molecular complexity index is 567. The molecule has 0 saturated carbocycles. The van der Waals surface area contributed by atoms with Gasteiger partial charge in [0, 0.05) is 23.2 Å². The molecule has 0 fully saturated rings. The van der Waals surface area contributed by atoms with Gasteiger partial charge in [0.15, 0.2) is 0 Å². The van der Waals surface area contributed by atoms with Gasteiger partial charge in [0.25, 0.3) is 0 Å². The van der Waals surface area contributed by atoms with Crippen LogP contribution in [0.4, 0.5) is 0 Å². The molecule has 0 bridgehead atoms. The highest BCUT2D eigenvalue weighted by atomic mass is 32.1. The number of rotatable bonds is 6. The maximum absolute atomic E-state index is 5.40. The lowest BCUT2D eigenvalue weighted by Gasteiger charge is -2.28. The number of hydrogen-bond donors (Lipinski definition) is 1. The van der Waals surface area contributed by atoms with E-state index in [9.17, 15) is 0 Å². The van der Waals surface area contributed by atoms with Crippen LogP contribution in [0.2, 0.25) is 0 Å². The predicted octanol–water partition coefficient (Wildman–Crippen LogP) is 3.88. The second-order valence-corrected chi connectivity index (χ2v) is 6.00. The number of para-hydroxylation sites is 1. The lowest BCUT2D eigenvalue weighted by atomic mass is 9.99. The topological polar surface area (TPSA) is 34.1 Å². The highest BCUT2D eigenvalue weighted by molar-refractivity contribution is 7.09. The van der Waals surface area contributed by atoms with E-state index in [1.165, 1.54) is 5.56 Å². The lowest BCUT2D eigenvalue weighted by Crippen LogP contribution is -2.38. The van der Waals surface area contributed by atoms with Gasteiger partial charge < -0.3 is 10.1 Å². The first-order valence-electron chi connectivity index (χ1n) is 6.88. The van der Waals surface area contributed by atoms with Crippen LogP contribution in [-0.4, -0.2) is 12.1 Å². The zero-order chi connectivity index (χ0) is 14.6. The average molecular weight is 290 g/mol.